The minimum absolute atomic E-state index is 0.236. The zero-order valence-electron chi connectivity index (χ0n) is 12.9. The summed E-state index contributed by atoms with van der Waals surface area (Å²) in [5.41, 5.74) is 4.74. The molecule has 0 amide bonds. The van der Waals surface area contributed by atoms with E-state index < -0.39 is 0 Å². The molecule has 1 aromatic heterocycles. The van der Waals surface area contributed by atoms with Gasteiger partial charge in [0.1, 0.15) is 0 Å². The molecule has 0 radical (unpaired) electrons. The topological polar surface area (TPSA) is 29.9 Å². The van der Waals surface area contributed by atoms with Gasteiger partial charge < -0.3 is 5.32 Å². The van der Waals surface area contributed by atoms with Crippen LogP contribution in [-0.2, 0) is 13.0 Å². The van der Waals surface area contributed by atoms with Crippen molar-refractivity contribution in [2.24, 2.45) is 0 Å². The van der Waals surface area contributed by atoms with Crippen LogP contribution >= 0.6 is 27.5 Å². The fraction of sp³-hybridized carbons (Fsp3) is 0.438. The van der Waals surface area contributed by atoms with Crippen LogP contribution in [-0.4, -0.2) is 16.8 Å². The van der Waals surface area contributed by atoms with Crippen molar-refractivity contribution in [2.45, 2.75) is 39.8 Å². The largest absolute Gasteiger partial charge is 0.313 e. The number of benzene rings is 1. The molecule has 21 heavy (non-hydrogen) atoms. The maximum Gasteiger partial charge on any atom is 0.0738 e. The molecule has 1 unspecified atom stereocenters. The number of aryl methyl sites for hydroxylation is 3. The lowest BCUT2D eigenvalue weighted by Crippen LogP contribution is -2.21. The van der Waals surface area contributed by atoms with Crippen LogP contribution in [0.1, 0.15) is 35.5 Å². The van der Waals surface area contributed by atoms with Crippen molar-refractivity contribution in [1.29, 1.82) is 0 Å². The molecule has 0 saturated carbocycles. The van der Waals surface area contributed by atoms with Gasteiger partial charge in [-0.05, 0) is 67.0 Å². The average Bonchev–Trinajstić information content (AvgIpc) is 2.72. The summed E-state index contributed by atoms with van der Waals surface area (Å²) in [6, 6.07) is 6.30. The fourth-order valence-electron chi connectivity index (χ4n) is 2.65. The third kappa shape index (κ3) is 3.50. The SMILES string of the molecule is CCn1nc(C)c(Br)c1CC(NC)c1ccc(Cl)cc1C. The first-order valence-electron chi connectivity index (χ1n) is 7.13. The predicted molar refractivity (Wildman–Crippen MR) is 92.0 cm³/mol. The highest BCUT2D eigenvalue weighted by atomic mass is 79.9. The molecular weight excluding hydrogens is 350 g/mol. The van der Waals surface area contributed by atoms with Crippen molar-refractivity contribution in [3.8, 4) is 0 Å². The molecule has 2 aromatic rings. The first-order chi connectivity index (χ1) is 9.97. The number of rotatable bonds is 5. The minimum atomic E-state index is 0.236. The van der Waals surface area contributed by atoms with E-state index in [1.54, 1.807) is 0 Å². The van der Waals surface area contributed by atoms with Gasteiger partial charge in [0.2, 0.25) is 0 Å². The van der Waals surface area contributed by atoms with Crippen LogP contribution in [0.25, 0.3) is 0 Å². The standard InChI is InChI=1S/C16H21BrClN3/c1-5-21-15(16(17)11(3)20-21)9-14(19-4)13-7-6-12(18)8-10(13)2/h6-8,14,19H,5,9H2,1-4H3. The van der Waals surface area contributed by atoms with E-state index in [4.69, 9.17) is 11.6 Å². The third-order valence-electron chi connectivity index (χ3n) is 3.81. The lowest BCUT2D eigenvalue weighted by molar-refractivity contribution is 0.538. The van der Waals surface area contributed by atoms with E-state index >= 15 is 0 Å². The third-order valence-corrected chi connectivity index (χ3v) is 5.07. The number of nitrogens with zero attached hydrogens (tertiary/aromatic N) is 2. The molecule has 1 atom stereocenters. The number of hydrogen-bond acceptors (Lipinski definition) is 2. The molecular formula is C16H21BrClN3. The Bertz CT molecular complexity index is 637. The molecule has 1 N–H and O–H groups in total. The zero-order chi connectivity index (χ0) is 15.6. The molecule has 0 aliphatic carbocycles. The van der Waals surface area contributed by atoms with Crippen LogP contribution in [0, 0.1) is 13.8 Å². The average molecular weight is 371 g/mol. The Balaban J connectivity index is 2.35. The number of likely N-dealkylation sites (N-methyl/N-ethyl adjacent to an activating group) is 1. The summed E-state index contributed by atoms with van der Waals surface area (Å²) < 4.78 is 3.17. The second-order valence-corrected chi connectivity index (χ2v) is 6.44. The predicted octanol–water partition coefficient (Wildman–Crippen LogP) is 4.44. The molecule has 0 fully saturated rings. The molecule has 0 saturated heterocycles. The van der Waals surface area contributed by atoms with Crippen molar-refractivity contribution in [3.05, 3.63) is 50.2 Å². The Kier molecular flexibility index (Phi) is 5.47. The smallest absolute Gasteiger partial charge is 0.0738 e. The Morgan fingerprint density at radius 3 is 2.67 bits per heavy atom. The van der Waals surface area contributed by atoms with Crippen molar-refractivity contribution in [2.75, 3.05) is 7.05 Å². The van der Waals surface area contributed by atoms with Gasteiger partial charge in [0.05, 0.1) is 15.9 Å². The van der Waals surface area contributed by atoms with E-state index in [2.05, 4.69) is 50.9 Å². The second kappa shape index (κ2) is 6.95. The van der Waals surface area contributed by atoms with E-state index in [1.165, 1.54) is 16.8 Å². The van der Waals surface area contributed by atoms with Crippen molar-refractivity contribution < 1.29 is 0 Å². The van der Waals surface area contributed by atoms with Crippen molar-refractivity contribution in [1.82, 2.24) is 15.1 Å². The Labute approximate surface area is 139 Å². The molecule has 0 spiro atoms. The molecule has 1 aromatic carbocycles. The van der Waals surface area contributed by atoms with Crippen molar-refractivity contribution in [3.63, 3.8) is 0 Å². The van der Waals surface area contributed by atoms with Gasteiger partial charge in [-0.2, -0.15) is 5.10 Å². The van der Waals surface area contributed by atoms with E-state index in [0.717, 1.165) is 28.2 Å². The highest BCUT2D eigenvalue weighted by molar-refractivity contribution is 9.10. The first-order valence-corrected chi connectivity index (χ1v) is 8.30. The Morgan fingerprint density at radius 2 is 2.10 bits per heavy atom. The second-order valence-electron chi connectivity index (χ2n) is 5.21. The van der Waals surface area contributed by atoms with Gasteiger partial charge in [-0.15, -0.1) is 0 Å². The van der Waals surface area contributed by atoms with E-state index in [1.807, 2.05) is 26.1 Å². The lowest BCUT2D eigenvalue weighted by Gasteiger charge is -2.20. The maximum absolute atomic E-state index is 6.06. The molecule has 0 bridgehead atoms. The summed E-state index contributed by atoms with van der Waals surface area (Å²) in [4.78, 5) is 0. The maximum atomic E-state index is 6.06. The molecule has 114 valence electrons. The van der Waals surface area contributed by atoms with Crippen molar-refractivity contribution >= 4 is 27.5 Å². The summed E-state index contributed by atoms with van der Waals surface area (Å²) in [5.74, 6) is 0. The van der Waals surface area contributed by atoms with Crippen LogP contribution < -0.4 is 5.32 Å². The summed E-state index contributed by atoms with van der Waals surface area (Å²) in [7, 11) is 1.99. The summed E-state index contributed by atoms with van der Waals surface area (Å²) >= 11 is 9.73. The summed E-state index contributed by atoms with van der Waals surface area (Å²) in [5, 5.41) is 8.76. The van der Waals surface area contributed by atoms with Gasteiger partial charge in [-0.25, -0.2) is 0 Å². The van der Waals surface area contributed by atoms with Crippen LogP contribution in [0.4, 0.5) is 0 Å². The zero-order valence-corrected chi connectivity index (χ0v) is 15.2. The van der Waals surface area contributed by atoms with Crippen LogP contribution in [0.15, 0.2) is 22.7 Å². The van der Waals surface area contributed by atoms with Crippen LogP contribution in [0.3, 0.4) is 0 Å². The molecule has 0 aliphatic rings. The normalized spacial score (nSPS) is 12.7. The Hall–Kier alpha value is -0.840. The van der Waals surface area contributed by atoms with Crippen LogP contribution in [0.2, 0.25) is 5.02 Å². The number of halogens is 2. The monoisotopic (exact) mass is 369 g/mol. The van der Waals surface area contributed by atoms with E-state index in [0.29, 0.717) is 0 Å². The van der Waals surface area contributed by atoms with Gasteiger partial charge in [0.15, 0.2) is 0 Å². The highest BCUT2D eigenvalue weighted by Crippen LogP contribution is 2.28. The van der Waals surface area contributed by atoms with Gasteiger partial charge in [0, 0.05) is 24.0 Å². The number of aromatic nitrogens is 2. The van der Waals surface area contributed by atoms with Gasteiger partial charge >= 0.3 is 0 Å². The summed E-state index contributed by atoms with van der Waals surface area (Å²) in [6.45, 7) is 7.12. The van der Waals surface area contributed by atoms with Gasteiger partial charge in [0.25, 0.3) is 0 Å². The fourth-order valence-corrected chi connectivity index (χ4v) is 3.33. The molecule has 5 heteroatoms. The summed E-state index contributed by atoms with van der Waals surface area (Å²) in [6.07, 6.45) is 0.883. The van der Waals surface area contributed by atoms with Gasteiger partial charge in [-0.1, -0.05) is 17.7 Å². The molecule has 2 rings (SSSR count). The first kappa shape index (κ1) is 16.5. The van der Waals surface area contributed by atoms with Crippen LogP contribution in [0.5, 0.6) is 0 Å². The number of nitrogens with one attached hydrogen (secondary N) is 1. The molecule has 0 aliphatic heterocycles. The highest BCUT2D eigenvalue weighted by Gasteiger charge is 2.19. The Morgan fingerprint density at radius 1 is 1.38 bits per heavy atom. The van der Waals surface area contributed by atoms with E-state index in [-0.39, 0.29) is 6.04 Å². The quantitative estimate of drug-likeness (QED) is 0.843. The minimum Gasteiger partial charge on any atom is -0.313 e. The van der Waals surface area contributed by atoms with Gasteiger partial charge in [-0.3, -0.25) is 4.68 Å². The number of hydrogen-bond donors (Lipinski definition) is 1. The lowest BCUT2D eigenvalue weighted by atomic mass is 9.97. The molecule has 1 heterocycles. The molecule has 3 nitrogen and oxygen atoms in total. The van der Waals surface area contributed by atoms with E-state index in [9.17, 15) is 0 Å².